The second-order valence-corrected chi connectivity index (χ2v) is 10.1. The monoisotopic (exact) mass is 463 g/mol. The molecule has 3 aromatic heterocycles. The molecule has 4 heterocycles. The van der Waals surface area contributed by atoms with Crippen molar-refractivity contribution in [2.75, 3.05) is 19.6 Å². The number of pyridine rings is 1. The molecule has 1 aliphatic rings. The van der Waals surface area contributed by atoms with Gasteiger partial charge >= 0.3 is 0 Å². The first-order valence-electron chi connectivity index (χ1n) is 11.0. The average molecular weight is 464 g/mol. The maximum Gasteiger partial charge on any atom is 0.226 e. The fraction of sp³-hybridized carbons (Fsp3) is 0.348. The molecule has 0 atom stereocenters. The lowest BCUT2D eigenvalue weighted by atomic mass is 10.0. The van der Waals surface area contributed by atoms with E-state index in [2.05, 4.69) is 25.5 Å². The number of H-pyrrole nitrogens is 1. The summed E-state index contributed by atoms with van der Waals surface area (Å²) in [4.78, 5) is 14.8. The summed E-state index contributed by atoms with van der Waals surface area (Å²) in [7, 11) is -3.88. The molecule has 33 heavy (non-hydrogen) atoms. The minimum Gasteiger partial charge on any atom is -0.346 e. The predicted octanol–water partition coefficient (Wildman–Crippen LogP) is 2.75. The van der Waals surface area contributed by atoms with Crippen LogP contribution in [-0.2, 0) is 16.4 Å². The zero-order chi connectivity index (χ0) is 23.0. The molecule has 3 N–H and O–H groups in total. The lowest BCUT2D eigenvalue weighted by molar-refractivity contribution is 0.190. The Hall–Kier alpha value is -3.26. The first-order valence-corrected chi connectivity index (χ1v) is 12.5. The number of aromatic amines is 1. The van der Waals surface area contributed by atoms with E-state index in [0.717, 1.165) is 43.4 Å². The van der Waals surface area contributed by atoms with E-state index < -0.39 is 9.84 Å². The van der Waals surface area contributed by atoms with Gasteiger partial charge in [0.25, 0.3) is 0 Å². The Labute approximate surface area is 191 Å². The Morgan fingerprint density at radius 3 is 2.61 bits per heavy atom. The number of likely N-dealkylation sites (tertiary alicyclic amines) is 1. The summed E-state index contributed by atoms with van der Waals surface area (Å²) in [5.41, 5.74) is 7.72. The minimum atomic E-state index is -3.88. The number of nitrogens with two attached hydrogens (primary N) is 1. The number of sulfone groups is 1. The number of rotatable bonds is 6. The Bertz CT molecular complexity index is 1440. The lowest BCUT2D eigenvalue weighted by Crippen LogP contribution is -2.35. The molecule has 10 heteroatoms. The standard InChI is InChI=1S/C23H25N7O2S/c24-10-4-12-29-13-8-16(9-14-29)30-19(15-25)27-20-21(30)18-7-11-26-22(18)28-23(20)33(31,32)17-5-2-1-3-6-17/h1-3,5-7,11,16H,4,8-9,12-15,25H2,(H,26,28). The van der Waals surface area contributed by atoms with Gasteiger partial charge in [0.1, 0.15) is 17.0 Å². The summed E-state index contributed by atoms with van der Waals surface area (Å²) in [6.07, 6.45) is 4.03. The van der Waals surface area contributed by atoms with Crippen LogP contribution in [0.25, 0.3) is 22.1 Å². The molecule has 1 aromatic carbocycles. The second-order valence-electron chi connectivity index (χ2n) is 8.25. The zero-order valence-electron chi connectivity index (χ0n) is 18.1. The van der Waals surface area contributed by atoms with E-state index in [0.29, 0.717) is 23.4 Å². The molecule has 0 aliphatic carbocycles. The molecule has 4 aromatic rings. The highest BCUT2D eigenvalue weighted by Crippen LogP contribution is 2.36. The van der Waals surface area contributed by atoms with Crippen LogP contribution in [0.1, 0.15) is 31.1 Å². The van der Waals surface area contributed by atoms with Gasteiger partial charge in [0, 0.05) is 43.7 Å². The summed E-state index contributed by atoms with van der Waals surface area (Å²) in [6.45, 7) is 2.70. The number of fused-ring (bicyclic) bond motifs is 3. The van der Waals surface area contributed by atoms with Crippen LogP contribution in [-0.4, -0.2) is 52.5 Å². The Balaban J connectivity index is 1.67. The molecule has 0 bridgehead atoms. The normalized spacial score (nSPS) is 15.9. The predicted molar refractivity (Wildman–Crippen MR) is 124 cm³/mol. The molecule has 0 saturated carbocycles. The molecule has 1 saturated heterocycles. The maximum atomic E-state index is 13.6. The fourth-order valence-corrected chi connectivity index (χ4v) is 6.08. The van der Waals surface area contributed by atoms with Crippen molar-refractivity contribution in [3.8, 4) is 6.07 Å². The van der Waals surface area contributed by atoms with Crippen molar-refractivity contribution in [3.05, 3.63) is 48.4 Å². The molecule has 5 rings (SSSR count). The van der Waals surface area contributed by atoms with Crippen LogP contribution in [0.4, 0.5) is 0 Å². The van der Waals surface area contributed by atoms with E-state index in [4.69, 9.17) is 16.0 Å². The van der Waals surface area contributed by atoms with Crippen molar-refractivity contribution >= 4 is 31.9 Å². The van der Waals surface area contributed by atoms with Crippen molar-refractivity contribution in [1.29, 1.82) is 5.26 Å². The minimum absolute atomic E-state index is 0.0569. The molecule has 1 aliphatic heterocycles. The summed E-state index contributed by atoms with van der Waals surface area (Å²) >= 11 is 0. The lowest BCUT2D eigenvalue weighted by Gasteiger charge is -2.33. The first kappa shape index (κ1) is 21.6. The number of nitrogens with zero attached hydrogens (tertiary/aromatic N) is 5. The number of aromatic nitrogens is 4. The summed E-state index contributed by atoms with van der Waals surface area (Å²) in [5.74, 6) is 0.653. The van der Waals surface area contributed by atoms with Gasteiger partial charge in [0.2, 0.25) is 9.84 Å². The summed E-state index contributed by atoms with van der Waals surface area (Å²) in [5, 5.41) is 9.65. The SMILES string of the molecule is N#CCCN1CCC(n2c(CN)nc3c(S(=O)(=O)c4ccccc4)nc4[nH]ccc4c32)CC1. The second kappa shape index (κ2) is 8.59. The number of benzene rings is 1. The molecule has 170 valence electrons. The van der Waals surface area contributed by atoms with Crippen LogP contribution in [0.15, 0.2) is 52.5 Å². The molecule has 0 radical (unpaired) electrons. The van der Waals surface area contributed by atoms with Crippen LogP contribution >= 0.6 is 0 Å². The van der Waals surface area contributed by atoms with Gasteiger partial charge in [-0.05, 0) is 31.0 Å². The zero-order valence-corrected chi connectivity index (χ0v) is 18.9. The van der Waals surface area contributed by atoms with Crippen molar-refractivity contribution < 1.29 is 8.42 Å². The molecule has 0 amide bonds. The van der Waals surface area contributed by atoms with Crippen molar-refractivity contribution in [2.45, 2.75) is 41.8 Å². The Morgan fingerprint density at radius 1 is 1.15 bits per heavy atom. The number of hydrogen-bond donors (Lipinski definition) is 2. The largest absolute Gasteiger partial charge is 0.346 e. The van der Waals surface area contributed by atoms with Crippen LogP contribution in [0.2, 0.25) is 0 Å². The van der Waals surface area contributed by atoms with Gasteiger partial charge in [0.15, 0.2) is 5.03 Å². The van der Waals surface area contributed by atoms with Crippen LogP contribution in [0.5, 0.6) is 0 Å². The number of piperidine rings is 1. The molecular formula is C23H25N7O2S. The third-order valence-electron chi connectivity index (χ3n) is 6.33. The Morgan fingerprint density at radius 2 is 1.91 bits per heavy atom. The highest BCUT2D eigenvalue weighted by atomic mass is 32.2. The van der Waals surface area contributed by atoms with E-state index in [1.165, 1.54) is 0 Å². The summed E-state index contributed by atoms with van der Waals surface area (Å²) < 4.78 is 29.2. The van der Waals surface area contributed by atoms with E-state index >= 15 is 0 Å². The van der Waals surface area contributed by atoms with Gasteiger partial charge in [-0.1, -0.05) is 18.2 Å². The van der Waals surface area contributed by atoms with E-state index in [9.17, 15) is 8.42 Å². The third-order valence-corrected chi connectivity index (χ3v) is 8.02. The number of hydrogen-bond acceptors (Lipinski definition) is 7. The molecule has 1 fully saturated rings. The van der Waals surface area contributed by atoms with Gasteiger partial charge in [-0.3, -0.25) is 0 Å². The van der Waals surface area contributed by atoms with Crippen LogP contribution in [0, 0.1) is 11.3 Å². The topological polar surface area (TPSA) is 134 Å². The number of nitrogens with one attached hydrogen (secondary N) is 1. The third kappa shape index (κ3) is 3.68. The molecule has 0 spiro atoms. The fourth-order valence-electron chi connectivity index (χ4n) is 4.73. The highest BCUT2D eigenvalue weighted by Gasteiger charge is 2.31. The van der Waals surface area contributed by atoms with Crippen LogP contribution < -0.4 is 5.73 Å². The highest BCUT2D eigenvalue weighted by molar-refractivity contribution is 7.91. The van der Waals surface area contributed by atoms with E-state index in [1.807, 2.05) is 6.07 Å². The van der Waals surface area contributed by atoms with Crippen molar-refractivity contribution in [1.82, 2.24) is 24.4 Å². The van der Waals surface area contributed by atoms with Crippen molar-refractivity contribution in [2.24, 2.45) is 5.73 Å². The summed E-state index contributed by atoms with van der Waals surface area (Å²) in [6, 6.07) is 12.6. The van der Waals surface area contributed by atoms with Gasteiger partial charge in [-0.2, -0.15) is 5.26 Å². The van der Waals surface area contributed by atoms with Gasteiger partial charge in [0.05, 0.1) is 23.0 Å². The molecular weight excluding hydrogens is 438 g/mol. The maximum absolute atomic E-state index is 13.6. The van der Waals surface area contributed by atoms with Gasteiger partial charge in [-0.15, -0.1) is 0 Å². The smallest absolute Gasteiger partial charge is 0.226 e. The van der Waals surface area contributed by atoms with Gasteiger partial charge in [-0.25, -0.2) is 18.4 Å². The first-order chi connectivity index (χ1) is 16.0. The van der Waals surface area contributed by atoms with Gasteiger partial charge < -0.3 is 20.2 Å². The van der Waals surface area contributed by atoms with Crippen molar-refractivity contribution in [3.63, 3.8) is 0 Å². The van der Waals surface area contributed by atoms with Crippen LogP contribution in [0.3, 0.4) is 0 Å². The Kier molecular flexibility index (Phi) is 5.62. The van der Waals surface area contributed by atoms with E-state index in [1.54, 1.807) is 36.5 Å². The molecule has 9 nitrogen and oxygen atoms in total. The molecule has 0 unspecified atom stereocenters. The number of nitriles is 1. The number of imidazole rings is 1. The van der Waals surface area contributed by atoms with E-state index in [-0.39, 0.29) is 22.5 Å². The quantitative estimate of drug-likeness (QED) is 0.449. The average Bonchev–Trinajstić information content (AvgIpc) is 3.47.